The highest BCUT2D eigenvalue weighted by Gasteiger charge is 2.19. The zero-order chi connectivity index (χ0) is 17.3. The highest BCUT2D eigenvalue weighted by molar-refractivity contribution is 9.10. The lowest BCUT2D eigenvalue weighted by Crippen LogP contribution is -2.30. The molecule has 0 aliphatic rings. The average molecular weight is 386 g/mol. The predicted octanol–water partition coefficient (Wildman–Crippen LogP) is 2.97. The van der Waals surface area contributed by atoms with E-state index in [9.17, 15) is 9.59 Å². The van der Waals surface area contributed by atoms with Crippen molar-refractivity contribution >= 4 is 32.6 Å². The first kappa shape index (κ1) is 16.4. The van der Waals surface area contributed by atoms with Gasteiger partial charge in [-0.05, 0) is 23.8 Å². The van der Waals surface area contributed by atoms with Crippen LogP contribution in [-0.2, 0) is 13.6 Å². The van der Waals surface area contributed by atoms with Gasteiger partial charge in [0.2, 0.25) is 0 Å². The van der Waals surface area contributed by atoms with Crippen LogP contribution in [0.3, 0.4) is 0 Å². The third-order valence-electron chi connectivity index (χ3n) is 3.84. The van der Waals surface area contributed by atoms with Gasteiger partial charge in [-0.25, -0.2) is 4.68 Å². The minimum Gasteiger partial charge on any atom is -0.336 e. The first-order valence-electron chi connectivity index (χ1n) is 7.43. The van der Waals surface area contributed by atoms with Gasteiger partial charge in [-0.1, -0.05) is 46.3 Å². The Morgan fingerprint density at radius 3 is 2.42 bits per heavy atom. The fourth-order valence-electron chi connectivity index (χ4n) is 2.57. The molecule has 0 unspecified atom stereocenters. The van der Waals surface area contributed by atoms with Crippen molar-refractivity contribution < 1.29 is 4.79 Å². The van der Waals surface area contributed by atoms with Crippen molar-refractivity contribution in [2.75, 3.05) is 7.05 Å². The molecule has 0 aliphatic carbocycles. The van der Waals surface area contributed by atoms with Crippen molar-refractivity contribution in [3.05, 3.63) is 74.6 Å². The third kappa shape index (κ3) is 3.10. The van der Waals surface area contributed by atoms with E-state index in [4.69, 9.17) is 0 Å². The second-order valence-corrected chi connectivity index (χ2v) is 6.53. The fraction of sp³-hybridized carbons (Fsp3) is 0.167. The lowest BCUT2D eigenvalue weighted by Gasteiger charge is -2.18. The molecule has 1 heterocycles. The smallest absolute Gasteiger partial charge is 0.274 e. The van der Waals surface area contributed by atoms with Crippen LogP contribution in [-0.4, -0.2) is 27.6 Å². The van der Waals surface area contributed by atoms with Crippen molar-refractivity contribution in [2.45, 2.75) is 6.54 Å². The van der Waals surface area contributed by atoms with E-state index in [0.717, 1.165) is 10.0 Å². The molecule has 3 rings (SSSR count). The first-order valence-corrected chi connectivity index (χ1v) is 8.22. The summed E-state index contributed by atoms with van der Waals surface area (Å²) in [7, 11) is 3.28. The number of benzene rings is 2. The molecule has 3 aromatic rings. The summed E-state index contributed by atoms with van der Waals surface area (Å²) in [4.78, 5) is 26.6. The minimum atomic E-state index is -0.218. The summed E-state index contributed by atoms with van der Waals surface area (Å²) >= 11 is 3.40. The maximum absolute atomic E-state index is 12.8. The fourth-order valence-corrected chi connectivity index (χ4v) is 2.84. The van der Waals surface area contributed by atoms with E-state index in [-0.39, 0.29) is 17.2 Å². The molecule has 0 saturated carbocycles. The topological polar surface area (TPSA) is 55.2 Å². The van der Waals surface area contributed by atoms with E-state index < -0.39 is 0 Å². The van der Waals surface area contributed by atoms with Gasteiger partial charge in [0.15, 0.2) is 5.69 Å². The monoisotopic (exact) mass is 385 g/mol. The number of carbonyl (C=O) groups excluding carboxylic acids is 1. The van der Waals surface area contributed by atoms with Crippen LogP contribution in [0.2, 0.25) is 0 Å². The summed E-state index contributed by atoms with van der Waals surface area (Å²) < 4.78 is 2.20. The van der Waals surface area contributed by atoms with E-state index in [1.807, 2.05) is 24.3 Å². The molecule has 24 heavy (non-hydrogen) atoms. The van der Waals surface area contributed by atoms with E-state index in [2.05, 4.69) is 21.0 Å². The molecule has 0 aliphatic heterocycles. The van der Waals surface area contributed by atoms with E-state index in [0.29, 0.717) is 17.3 Å². The van der Waals surface area contributed by atoms with Crippen molar-refractivity contribution in [1.29, 1.82) is 0 Å². The number of aryl methyl sites for hydroxylation is 1. The number of amides is 1. The number of aromatic nitrogens is 2. The minimum absolute atomic E-state index is 0.210. The van der Waals surface area contributed by atoms with Gasteiger partial charge in [-0.3, -0.25) is 9.59 Å². The van der Waals surface area contributed by atoms with E-state index in [1.54, 1.807) is 43.3 Å². The maximum atomic E-state index is 12.8. The molecular formula is C18H16BrN3O2. The Labute approximate surface area is 147 Å². The molecule has 0 N–H and O–H groups in total. The van der Waals surface area contributed by atoms with E-state index >= 15 is 0 Å². The highest BCUT2D eigenvalue weighted by atomic mass is 79.9. The molecular weight excluding hydrogens is 370 g/mol. The normalized spacial score (nSPS) is 10.8. The average Bonchev–Trinajstić information content (AvgIpc) is 2.59. The Bertz CT molecular complexity index is 964. The first-order chi connectivity index (χ1) is 11.5. The Balaban J connectivity index is 1.97. The summed E-state index contributed by atoms with van der Waals surface area (Å²) in [6.07, 6.45) is 0. The molecule has 1 aromatic heterocycles. The number of carbonyl (C=O) groups is 1. The van der Waals surface area contributed by atoms with Gasteiger partial charge in [-0.15, -0.1) is 0 Å². The zero-order valence-electron chi connectivity index (χ0n) is 13.4. The largest absolute Gasteiger partial charge is 0.336 e. The Hall–Kier alpha value is -2.47. The van der Waals surface area contributed by atoms with Gasteiger partial charge >= 0.3 is 0 Å². The predicted molar refractivity (Wildman–Crippen MR) is 96.9 cm³/mol. The van der Waals surface area contributed by atoms with Crippen molar-refractivity contribution in [1.82, 2.24) is 14.7 Å². The summed E-state index contributed by atoms with van der Waals surface area (Å²) in [5, 5.41) is 5.26. The molecule has 0 bridgehead atoms. The number of fused-ring (bicyclic) bond motifs is 1. The van der Waals surface area contributed by atoms with Crippen LogP contribution in [0.25, 0.3) is 10.8 Å². The lowest BCUT2D eigenvalue weighted by atomic mass is 10.1. The Morgan fingerprint density at radius 1 is 1.12 bits per heavy atom. The van der Waals surface area contributed by atoms with Gasteiger partial charge in [0.25, 0.3) is 11.5 Å². The van der Waals surface area contributed by atoms with Crippen LogP contribution in [0, 0.1) is 0 Å². The van der Waals surface area contributed by atoms with Gasteiger partial charge in [0, 0.05) is 30.5 Å². The Morgan fingerprint density at radius 2 is 1.75 bits per heavy atom. The molecule has 122 valence electrons. The molecule has 0 spiro atoms. The van der Waals surface area contributed by atoms with Crippen molar-refractivity contribution in [2.24, 2.45) is 7.05 Å². The number of halogens is 1. The second-order valence-electron chi connectivity index (χ2n) is 5.61. The molecule has 0 saturated heterocycles. The van der Waals surface area contributed by atoms with Gasteiger partial charge in [-0.2, -0.15) is 5.10 Å². The maximum Gasteiger partial charge on any atom is 0.274 e. The van der Waals surface area contributed by atoms with Gasteiger partial charge in [0.1, 0.15) is 0 Å². The quantitative estimate of drug-likeness (QED) is 0.696. The number of rotatable bonds is 3. The number of nitrogens with zero attached hydrogens (tertiary/aromatic N) is 3. The summed E-state index contributed by atoms with van der Waals surface area (Å²) in [6, 6.07) is 14.8. The van der Waals surface area contributed by atoms with Crippen LogP contribution in [0.1, 0.15) is 16.1 Å². The van der Waals surface area contributed by atoms with Crippen LogP contribution in [0.15, 0.2) is 57.8 Å². The van der Waals surface area contributed by atoms with Crippen molar-refractivity contribution in [3.8, 4) is 0 Å². The van der Waals surface area contributed by atoms with Crippen LogP contribution >= 0.6 is 15.9 Å². The van der Waals surface area contributed by atoms with Crippen LogP contribution < -0.4 is 5.56 Å². The standard InChI is InChI=1S/C18H16BrN3O2/c1-21(11-12-7-9-13(19)10-8-12)18(24)16-14-5-3-4-6-15(14)17(23)22(2)20-16/h3-10H,11H2,1-2H3. The van der Waals surface area contributed by atoms with Crippen LogP contribution in [0.4, 0.5) is 0 Å². The third-order valence-corrected chi connectivity index (χ3v) is 4.37. The lowest BCUT2D eigenvalue weighted by molar-refractivity contribution is 0.0779. The Kier molecular flexibility index (Phi) is 4.49. The van der Waals surface area contributed by atoms with Crippen molar-refractivity contribution in [3.63, 3.8) is 0 Å². The highest BCUT2D eigenvalue weighted by Crippen LogP contribution is 2.16. The molecule has 2 aromatic carbocycles. The number of hydrogen-bond donors (Lipinski definition) is 0. The molecule has 5 nitrogen and oxygen atoms in total. The molecule has 6 heteroatoms. The second kappa shape index (κ2) is 6.57. The summed E-state index contributed by atoms with van der Waals surface area (Å²) in [5.41, 5.74) is 1.09. The molecule has 0 atom stereocenters. The molecule has 0 radical (unpaired) electrons. The SMILES string of the molecule is CN(Cc1ccc(Br)cc1)C(=O)c1nn(C)c(=O)c2ccccc12. The van der Waals surface area contributed by atoms with E-state index in [1.165, 1.54) is 4.68 Å². The van der Waals surface area contributed by atoms with Gasteiger partial charge < -0.3 is 4.90 Å². The van der Waals surface area contributed by atoms with Gasteiger partial charge in [0.05, 0.1) is 5.39 Å². The summed E-state index contributed by atoms with van der Waals surface area (Å²) in [5.74, 6) is -0.218. The summed E-state index contributed by atoms with van der Waals surface area (Å²) in [6.45, 7) is 0.463. The number of hydrogen-bond acceptors (Lipinski definition) is 3. The molecule has 1 amide bonds. The zero-order valence-corrected chi connectivity index (χ0v) is 14.9. The van der Waals surface area contributed by atoms with Crippen LogP contribution in [0.5, 0.6) is 0 Å². The molecule has 0 fully saturated rings.